The van der Waals surface area contributed by atoms with Crippen LogP contribution in [-0.4, -0.2) is 17.8 Å². The fourth-order valence-electron chi connectivity index (χ4n) is 3.35. The van der Waals surface area contributed by atoms with Crippen molar-refractivity contribution in [3.05, 3.63) is 106 Å². The highest BCUT2D eigenvalue weighted by atomic mass is 35.5. The Bertz CT molecular complexity index is 1240. The molecule has 0 aliphatic carbocycles. The number of carbonyl (C=O) groups is 3. The summed E-state index contributed by atoms with van der Waals surface area (Å²) in [6.07, 6.45) is 1.69. The largest absolute Gasteiger partial charge is 0.335 e. The van der Waals surface area contributed by atoms with Crippen LogP contribution in [0.1, 0.15) is 16.7 Å². The molecule has 3 aromatic carbocycles. The van der Waals surface area contributed by atoms with Gasteiger partial charge in [-0.05, 0) is 47.0 Å². The molecule has 1 N–H and O–H groups in total. The Balaban J connectivity index is 1.73. The highest BCUT2D eigenvalue weighted by Gasteiger charge is 2.37. The van der Waals surface area contributed by atoms with Crippen LogP contribution in [0.4, 0.5) is 14.9 Å². The predicted octanol–water partition coefficient (Wildman–Crippen LogP) is 4.74. The van der Waals surface area contributed by atoms with Crippen LogP contribution in [0.25, 0.3) is 6.08 Å². The van der Waals surface area contributed by atoms with Crippen molar-refractivity contribution < 1.29 is 18.8 Å². The van der Waals surface area contributed by atoms with Gasteiger partial charge in [0.05, 0.1) is 5.69 Å². The van der Waals surface area contributed by atoms with Crippen LogP contribution in [0.15, 0.2) is 78.4 Å². The van der Waals surface area contributed by atoms with Crippen LogP contribution in [0, 0.1) is 5.82 Å². The lowest BCUT2D eigenvalue weighted by Crippen LogP contribution is -2.54. The zero-order chi connectivity index (χ0) is 22.0. The summed E-state index contributed by atoms with van der Waals surface area (Å²) in [6, 6.07) is 18.8. The van der Waals surface area contributed by atoms with Crippen molar-refractivity contribution >= 4 is 41.2 Å². The monoisotopic (exact) mass is 434 g/mol. The fraction of sp³-hybridized carbons (Fsp3) is 0.0417. The number of imide groups is 2. The van der Waals surface area contributed by atoms with Crippen molar-refractivity contribution in [2.45, 2.75) is 6.42 Å². The molecule has 0 bridgehead atoms. The van der Waals surface area contributed by atoms with E-state index in [1.165, 1.54) is 18.2 Å². The summed E-state index contributed by atoms with van der Waals surface area (Å²) < 4.78 is 14.1. The number of amides is 4. The third kappa shape index (κ3) is 4.25. The number of rotatable bonds is 4. The Morgan fingerprint density at radius 3 is 2.35 bits per heavy atom. The molecule has 4 rings (SSSR count). The number of halogens is 2. The molecule has 3 aromatic rings. The van der Waals surface area contributed by atoms with Crippen LogP contribution >= 0.6 is 11.6 Å². The zero-order valence-electron chi connectivity index (χ0n) is 16.1. The molecular weight excluding hydrogens is 419 g/mol. The van der Waals surface area contributed by atoms with Crippen LogP contribution < -0.4 is 10.2 Å². The Kier molecular flexibility index (Phi) is 5.64. The molecule has 4 amide bonds. The van der Waals surface area contributed by atoms with E-state index in [9.17, 15) is 18.8 Å². The second-order valence-corrected chi connectivity index (χ2v) is 7.34. The smallest absolute Gasteiger partial charge is 0.273 e. The molecule has 5 nitrogen and oxygen atoms in total. The summed E-state index contributed by atoms with van der Waals surface area (Å²) >= 11 is 5.98. The van der Waals surface area contributed by atoms with Crippen molar-refractivity contribution in [3.8, 4) is 0 Å². The van der Waals surface area contributed by atoms with Crippen LogP contribution in [-0.2, 0) is 16.0 Å². The van der Waals surface area contributed by atoms with E-state index in [1.54, 1.807) is 60.7 Å². The number of barbiturate groups is 1. The number of carbonyl (C=O) groups excluding carboxylic acids is 3. The summed E-state index contributed by atoms with van der Waals surface area (Å²) in [6.45, 7) is 0. The van der Waals surface area contributed by atoms with Gasteiger partial charge in [0.2, 0.25) is 0 Å². The molecule has 1 aliphatic rings. The molecule has 0 radical (unpaired) electrons. The predicted molar refractivity (Wildman–Crippen MR) is 116 cm³/mol. The molecule has 0 unspecified atom stereocenters. The highest BCUT2D eigenvalue weighted by Crippen LogP contribution is 2.26. The van der Waals surface area contributed by atoms with Crippen LogP contribution in [0.3, 0.4) is 0 Å². The molecule has 1 fully saturated rings. The van der Waals surface area contributed by atoms with E-state index in [4.69, 9.17) is 11.6 Å². The molecule has 0 aromatic heterocycles. The van der Waals surface area contributed by atoms with Gasteiger partial charge in [-0.1, -0.05) is 60.1 Å². The lowest BCUT2D eigenvalue weighted by molar-refractivity contribution is -0.122. The van der Waals surface area contributed by atoms with Crippen LogP contribution in [0.2, 0.25) is 5.02 Å². The molecule has 31 heavy (non-hydrogen) atoms. The average Bonchev–Trinajstić information content (AvgIpc) is 2.74. The molecule has 1 saturated heterocycles. The third-order valence-corrected chi connectivity index (χ3v) is 5.10. The van der Waals surface area contributed by atoms with Gasteiger partial charge in [0.1, 0.15) is 11.4 Å². The standard InChI is InChI=1S/C24H16ClFN2O3/c25-18-9-5-10-19(14-18)28-23(30)20(22(29)27-24(28)31)13-16-7-2-1-6-15(16)12-17-8-3-4-11-21(17)26/h1-11,13-14H,12H2,(H,27,29,31)/b20-13+. The Morgan fingerprint density at radius 1 is 0.903 bits per heavy atom. The maximum Gasteiger partial charge on any atom is 0.335 e. The average molecular weight is 435 g/mol. The summed E-state index contributed by atoms with van der Waals surface area (Å²) in [5, 5.41) is 2.53. The van der Waals surface area contributed by atoms with Gasteiger partial charge in [-0.3, -0.25) is 14.9 Å². The summed E-state index contributed by atoms with van der Waals surface area (Å²) in [7, 11) is 0. The maximum absolute atomic E-state index is 14.1. The topological polar surface area (TPSA) is 66.5 Å². The van der Waals surface area contributed by atoms with E-state index < -0.39 is 17.8 Å². The van der Waals surface area contributed by atoms with Crippen LogP contribution in [0.5, 0.6) is 0 Å². The SMILES string of the molecule is O=C1NC(=O)N(c2cccc(Cl)c2)C(=O)/C1=C/c1ccccc1Cc1ccccc1F. The number of hydrogen-bond acceptors (Lipinski definition) is 3. The maximum atomic E-state index is 14.1. The zero-order valence-corrected chi connectivity index (χ0v) is 16.9. The van der Waals surface area contributed by atoms with E-state index in [-0.39, 0.29) is 23.5 Å². The van der Waals surface area contributed by atoms with E-state index in [0.717, 1.165) is 10.5 Å². The normalized spacial score (nSPS) is 15.4. The van der Waals surface area contributed by atoms with Gasteiger partial charge in [-0.25, -0.2) is 14.1 Å². The number of benzene rings is 3. The number of anilines is 1. The Morgan fingerprint density at radius 2 is 1.61 bits per heavy atom. The second-order valence-electron chi connectivity index (χ2n) is 6.90. The van der Waals surface area contributed by atoms with Crippen molar-refractivity contribution in [2.24, 2.45) is 0 Å². The van der Waals surface area contributed by atoms with Gasteiger partial charge in [-0.15, -0.1) is 0 Å². The van der Waals surface area contributed by atoms with Crippen molar-refractivity contribution in [1.29, 1.82) is 0 Å². The van der Waals surface area contributed by atoms with Gasteiger partial charge >= 0.3 is 6.03 Å². The van der Waals surface area contributed by atoms with Gasteiger partial charge < -0.3 is 0 Å². The number of nitrogens with one attached hydrogen (secondary N) is 1. The first-order chi connectivity index (χ1) is 14.9. The van der Waals surface area contributed by atoms with E-state index >= 15 is 0 Å². The number of urea groups is 1. The van der Waals surface area contributed by atoms with E-state index in [1.807, 2.05) is 0 Å². The quantitative estimate of drug-likeness (QED) is 0.476. The first-order valence-electron chi connectivity index (χ1n) is 9.42. The molecular formula is C24H16ClFN2O3. The summed E-state index contributed by atoms with van der Waals surface area (Å²) in [5.41, 5.74) is 1.83. The molecule has 0 spiro atoms. The van der Waals surface area contributed by atoms with Crippen molar-refractivity contribution in [2.75, 3.05) is 4.90 Å². The molecule has 1 heterocycles. The molecule has 7 heteroatoms. The number of hydrogen-bond donors (Lipinski definition) is 1. The highest BCUT2D eigenvalue weighted by molar-refractivity contribution is 6.39. The molecule has 1 aliphatic heterocycles. The summed E-state index contributed by atoms with van der Waals surface area (Å²) in [4.78, 5) is 38.7. The van der Waals surface area contributed by atoms with E-state index in [0.29, 0.717) is 16.1 Å². The van der Waals surface area contributed by atoms with Gasteiger partial charge in [0.25, 0.3) is 11.8 Å². The van der Waals surface area contributed by atoms with E-state index in [2.05, 4.69) is 5.32 Å². The van der Waals surface area contributed by atoms with Gasteiger partial charge in [0, 0.05) is 11.4 Å². The lowest BCUT2D eigenvalue weighted by Gasteiger charge is -2.26. The molecule has 0 atom stereocenters. The van der Waals surface area contributed by atoms with Gasteiger partial charge in [-0.2, -0.15) is 0 Å². The second kappa shape index (κ2) is 8.53. The minimum Gasteiger partial charge on any atom is -0.273 e. The molecule has 0 saturated carbocycles. The Labute approximate surface area is 182 Å². The first kappa shape index (κ1) is 20.5. The first-order valence-corrected chi connectivity index (χ1v) is 9.80. The van der Waals surface area contributed by atoms with Crippen molar-refractivity contribution in [1.82, 2.24) is 5.32 Å². The lowest BCUT2D eigenvalue weighted by atomic mass is 9.97. The van der Waals surface area contributed by atoms with Gasteiger partial charge in [0.15, 0.2) is 0 Å². The fourth-order valence-corrected chi connectivity index (χ4v) is 3.53. The Hall–Kier alpha value is -3.77. The number of nitrogens with zero attached hydrogens (tertiary/aromatic N) is 1. The minimum atomic E-state index is -0.853. The summed E-state index contributed by atoms with van der Waals surface area (Å²) in [5.74, 6) is -1.90. The minimum absolute atomic E-state index is 0.208. The third-order valence-electron chi connectivity index (χ3n) is 4.86. The van der Waals surface area contributed by atoms with Crippen molar-refractivity contribution in [3.63, 3.8) is 0 Å². The molecule has 154 valence electrons.